The summed E-state index contributed by atoms with van der Waals surface area (Å²) in [5.41, 5.74) is 1.14. The van der Waals surface area contributed by atoms with E-state index < -0.39 is 17.2 Å². The number of amides is 2. The van der Waals surface area contributed by atoms with Crippen molar-refractivity contribution in [2.75, 3.05) is 5.32 Å². The molecule has 1 fully saturated rings. The molecule has 154 valence electrons. The molecule has 0 saturated heterocycles. The second-order valence-electron chi connectivity index (χ2n) is 8.64. The summed E-state index contributed by atoms with van der Waals surface area (Å²) in [7, 11) is 0. The van der Waals surface area contributed by atoms with Crippen LogP contribution < -0.4 is 10.6 Å². The van der Waals surface area contributed by atoms with Crippen molar-refractivity contribution in [3.63, 3.8) is 0 Å². The maximum atomic E-state index is 13.4. The van der Waals surface area contributed by atoms with Crippen LogP contribution in [0.4, 0.5) is 10.5 Å². The van der Waals surface area contributed by atoms with Gasteiger partial charge in [0.2, 0.25) is 5.91 Å². The molecule has 29 heavy (non-hydrogen) atoms. The van der Waals surface area contributed by atoms with Crippen LogP contribution in [0.2, 0.25) is 0 Å². The highest BCUT2D eigenvalue weighted by Gasteiger charge is 2.42. The predicted octanol–water partition coefficient (Wildman–Crippen LogP) is 5.52. The minimum Gasteiger partial charge on any atom is -0.444 e. The van der Waals surface area contributed by atoms with E-state index in [-0.39, 0.29) is 5.91 Å². The molecule has 0 aromatic heterocycles. The molecule has 2 aromatic carbocycles. The summed E-state index contributed by atoms with van der Waals surface area (Å²) in [6.45, 7) is 5.45. The SMILES string of the molecule is CC(C)(C)OC(=O)NC1(C(=O)Nc2ccccc2-c2ccccc2)CCCCC1. The maximum Gasteiger partial charge on any atom is 0.408 e. The molecule has 3 rings (SSSR count). The molecule has 5 heteroatoms. The number of carbonyl (C=O) groups excluding carboxylic acids is 2. The number of carbonyl (C=O) groups is 2. The highest BCUT2D eigenvalue weighted by atomic mass is 16.6. The topological polar surface area (TPSA) is 67.4 Å². The van der Waals surface area contributed by atoms with Crippen molar-refractivity contribution in [1.82, 2.24) is 5.32 Å². The van der Waals surface area contributed by atoms with E-state index in [0.717, 1.165) is 36.1 Å². The van der Waals surface area contributed by atoms with Crippen LogP contribution in [0.5, 0.6) is 0 Å². The van der Waals surface area contributed by atoms with Crippen LogP contribution in [-0.4, -0.2) is 23.1 Å². The Morgan fingerprint density at radius 2 is 1.52 bits per heavy atom. The number of nitrogens with one attached hydrogen (secondary N) is 2. The zero-order valence-corrected chi connectivity index (χ0v) is 17.5. The highest BCUT2D eigenvalue weighted by molar-refractivity contribution is 6.02. The average molecular weight is 395 g/mol. The van der Waals surface area contributed by atoms with Crippen molar-refractivity contribution in [2.24, 2.45) is 0 Å². The van der Waals surface area contributed by atoms with Gasteiger partial charge in [-0.15, -0.1) is 0 Å². The molecule has 2 aromatic rings. The Morgan fingerprint density at radius 3 is 2.17 bits per heavy atom. The number of anilines is 1. The first kappa shape index (κ1) is 20.9. The lowest BCUT2D eigenvalue weighted by Gasteiger charge is -2.37. The number of ether oxygens (including phenoxy) is 1. The summed E-state index contributed by atoms with van der Waals surface area (Å²) in [6, 6.07) is 17.7. The van der Waals surface area contributed by atoms with Crippen molar-refractivity contribution in [1.29, 1.82) is 0 Å². The molecule has 0 radical (unpaired) electrons. The lowest BCUT2D eigenvalue weighted by atomic mass is 9.81. The van der Waals surface area contributed by atoms with Gasteiger partial charge in [0.1, 0.15) is 11.1 Å². The lowest BCUT2D eigenvalue weighted by Crippen LogP contribution is -2.58. The molecule has 0 bridgehead atoms. The van der Waals surface area contributed by atoms with E-state index in [9.17, 15) is 9.59 Å². The van der Waals surface area contributed by atoms with Gasteiger partial charge < -0.3 is 15.4 Å². The van der Waals surface area contributed by atoms with Gasteiger partial charge >= 0.3 is 6.09 Å². The van der Waals surface area contributed by atoms with Crippen molar-refractivity contribution in [2.45, 2.75) is 64.0 Å². The summed E-state index contributed by atoms with van der Waals surface area (Å²) >= 11 is 0. The Labute approximate surface area is 172 Å². The Balaban J connectivity index is 1.84. The smallest absolute Gasteiger partial charge is 0.408 e. The zero-order valence-electron chi connectivity index (χ0n) is 17.5. The fourth-order valence-electron chi connectivity index (χ4n) is 3.77. The average Bonchev–Trinajstić information content (AvgIpc) is 2.68. The molecule has 2 amide bonds. The minimum absolute atomic E-state index is 0.188. The Bertz CT molecular complexity index is 850. The Kier molecular flexibility index (Phi) is 6.26. The van der Waals surface area contributed by atoms with Crippen LogP contribution in [0.3, 0.4) is 0 Å². The van der Waals surface area contributed by atoms with E-state index >= 15 is 0 Å². The molecule has 0 atom stereocenters. The van der Waals surface area contributed by atoms with Gasteiger partial charge in [-0.25, -0.2) is 4.79 Å². The predicted molar refractivity (Wildman–Crippen MR) is 116 cm³/mol. The molecule has 2 N–H and O–H groups in total. The number of benzene rings is 2. The van der Waals surface area contributed by atoms with Gasteiger partial charge in [-0.3, -0.25) is 4.79 Å². The summed E-state index contributed by atoms with van der Waals surface area (Å²) < 4.78 is 5.43. The first-order chi connectivity index (χ1) is 13.8. The van der Waals surface area contributed by atoms with Crippen LogP contribution in [-0.2, 0) is 9.53 Å². The third-order valence-electron chi connectivity index (χ3n) is 5.14. The third-order valence-corrected chi connectivity index (χ3v) is 5.14. The van der Waals surface area contributed by atoms with Gasteiger partial charge in [-0.1, -0.05) is 67.8 Å². The number of alkyl carbamates (subject to hydrolysis) is 1. The molecule has 0 heterocycles. The van der Waals surface area contributed by atoms with Crippen LogP contribution in [0.25, 0.3) is 11.1 Å². The molecular weight excluding hydrogens is 364 g/mol. The molecule has 1 aliphatic carbocycles. The van der Waals surface area contributed by atoms with E-state index in [1.54, 1.807) is 0 Å². The van der Waals surface area contributed by atoms with E-state index in [4.69, 9.17) is 4.74 Å². The number of rotatable bonds is 4. The summed E-state index contributed by atoms with van der Waals surface area (Å²) in [4.78, 5) is 25.9. The number of hydrogen-bond acceptors (Lipinski definition) is 3. The monoisotopic (exact) mass is 394 g/mol. The van der Waals surface area contributed by atoms with Crippen LogP contribution in [0.15, 0.2) is 54.6 Å². The molecule has 1 saturated carbocycles. The molecule has 0 spiro atoms. The minimum atomic E-state index is -0.954. The second-order valence-corrected chi connectivity index (χ2v) is 8.64. The molecule has 0 aliphatic heterocycles. The van der Waals surface area contributed by atoms with E-state index in [0.29, 0.717) is 12.8 Å². The Hall–Kier alpha value is -2.82. The third kappa shape index (κ3) is 5.37. The van der Waals surface area contributed by atoms with E-state index in [1.807, 2.05) is 75.4 Å². The van der Waals surface area contributed by atoms with Gasteiger partial charge in [0.25, 0.3) is 0 Å². The van der Waals surface area contributed by atoms with Gasteiger partial charge in [-0.05, 0) is 45.2 Å². The van der Waals surface area contributed by atoms with Crippen LogP contribution >= 0.6 is 0 Å². The molecular formula is C24H30N2O3. The standard InChI is InChI=1S/C24H30N2O3/c1-23(2,3)29-22(28)26-24(16-10-5-11-17-24)21(27)25-20-15-9-8-14-19(20)18-12-6-4-7-13-18/h4,6-9,12-15H,5,10-11,16-17H2,1-3H3,(H,25,27)(H,26,28). The van der Waals surface area contributed by atoms with Crippen molar-refractivity contribution in [3.8, 4) is 11.1 Å². The fraction of sp³-hybridized carbons (Fsp3) is 0.417. The summed E-state index contributed by atoms with van der Waals surface area (Å²) in [6.07, 6.45) is 3.50. The van der Waals surface area contributed by atoms with Crippen LogP contribution in [0.1, 0.15) is 52.9 Å². The van der Waals surface area contributed by atoms with Crippen molar-refractivity contribution in [3.05, 3.63) is 54.6 Å². The molecule has 1 aliphatic rings. The lowest BCUT2D eigenvalue weighted by molar-refractivity contribution is -0.123. The highest BCUT2D eigenvalue weighted by Crippen LogP contribution is 2.32. The summed E-state index contributed by atoms with van der Waals surface area (Å²) in [5, 5.41) is 5.97. The van der Waals surface area contributed by atoms with E-state index in [2.05, 4.69) is 10.6 Å². The van der Waals surface area contributed by atoms with Gasteiger partial charge in [0, 0.05) is 11.3 Å². The van der Waals surface area contributed by atoms with Crippen LogP contribution in [0, 0.1) is 0 Å². The van der Waals surface area contributed by atoms with Crippen molar-refractivity contribution < 1.29 is 14.3 Å². The fourth-order valence-corrected chi connectivity index (χ4v) is 3.77. The first-order valence-corrected chi connectivity index (χ1v) is 10.3. The summed E-state index contributed by atoms with van der Waals surface area (Å²) in [5.74, 6) is -0.188. The number of hydrogen-bond donors (Lipinski definition) is 2. The molecule has 5 nitrogen and oxygen atoms in total. The molecule has 0 unspecified atom stereocenters. The van der Waals surface area contributed by atoms with Crippen molar-refractivity contribution >= 4 is 17.7 Å². The first-order valence-electron chi connectivity index (χ1n) is 10.3. The second kappa shape index (κ2) is 8.68. The largest absolute Gasteiger partial charge is 0.444 e. The van der Waals surface area contributed by atoms with Gasteiger partial charge in [-0.2, -0.15) is 0 Å². The van der Waals surface area contributed by atoms with Gasteiger partial charge in [0.05, 0.1) is 0 Å². The van der Waals surface area contributed by atoms with Gasteiger partial charge in [0.15, 0.2) is 0 Å². The van der Waals surface area contributed by atoms with E-state index in [1.165, 1.54) is 0 Å². The normalized spacial score (nSPS) is 16.0. The maximum absolute atomic E-state index is 13.4. The Morgan fingerprint density at radius 1 is 0.897 bits per heavy atom. The zero-order chi connectivity index (χ0) is 20.9. The quantitative estimate of drug-likeness (QED) is 0.717. The number of para-hydroxylation sites is 1.